The Balaban J connectivity index is 2.15. The summed E-state index contributed by atoms with van der Waals surface area (Å²) in [5.41, 5.74) is 6.02. The molecule has 1 aliphatic heterocycles. The van der Waals surface area contributed by atoms with E-state index in [0.29, 0.717) is 24.4 Å². The zero-order chi connectivity index (χ0) is 24.5. The van der Waals surface area contributed by atoms with E-state index in [-0.39, 0.29) is 29.1 Å². The minimum atomic E-state index is -0.880. The molecule has 176 valence electrons. The van der Waals surface area contributed by atoms with Gasteiger partial charge in [-0.1, -0.05) is 12.7 Å². The van der Waals surface area contributed by atoms with Gasteiger partial charge in [-0.2, -0.15) is 0 Å². The Labute approximate surface area is 191 Å². The van der Waals surface area contributed by atoms with Crippen LogP contribution in [0.15, 0.2) is 41.6 Å². The van der Waals surface area contributed by atoms with Crippen molar-refractivity contribution in [3.05, 3.63) is 42.1 Å². The SMILES string of the molecule is C=C(/C=C\C(=N/C)NC(C)=O)[C@@H]1CCCCN1C(=O)C(=O)Nc1cnc(OC)c(C(N)=O)c1. The topological polar surface area (TPSA) is 156 Å². The molecule has 4 N–H and O–H groups in total. The number of carbonyl (C=O) groups excluding carboxylic acids is 4. The molecule has 33 heavy (non-hydrogen) atoms. The zero-order valence-electron chi connectivity index (χ0n) is 18.9. The third-order valence-corrected chi connectivity index (χ3v) is 4.95. The van der Waals surface area contributed by atoms with Crippen molar-refractivity contribution >= 4 is 35.2 Å². The second kappa shape index (κ2) is 11.6. The predicted molar refractivity (Wildman–Crippen MR) is 123 cm³/mol. The smallest absolute Gasteiger partial charge is 0.313 e. The number of aliphatic imine (C=N–C) groups is 1. The molecule has 11 nitrogen and oxygen atoms in total. The maximum absolute atomic E-state index is 12.9. The lowest BCUT2D eigenvalue weighted by Gasteiger charge is -2.35. The molecule has 1 fully saturated rings. The lowest BCUT2D eigenvalue weighted by atomic mass is 9.95. The Morgan fingerprint density at radius 2 is 2.03 bits per heavy atom. The number of nitrogens with two attached hydrogens (primary N) is 1. The molecule has 2 heterocycles. The van der Waals surface area contributed by atoms with E-state index in [0.717, 1.165) is 12.8 Å². The van der Waals surface area contributed by atoms with E-state index in [2.05, 4.69) is 27.2 Å². The van der Waals surface area contributed by atoms with Crippen LogP contribution in [0.4, 0.5) is 5.69 Å². The van der Waals surface area contributed by atoms with Crippen molar-refractivity contribution in [2.75, 3.05) is 26.0 Å². The number of likely N-dealkylation sites (tertiary alicyclic amines) is 1. The number of pyridine rings is 1. The first-order chi connectivity index (χ1) is 15.7. The van der Waals surface area contributed by atoms with Crippen molar-refractivity contribution in [3.8, 4) is 5.88 Å². The molecular weight excluding hydrogens is 428 g/mol. The number of carbonyl (C=O) groups is 4. The fourth-order valence-corrected chi connectivity index (χ4v) is 3.38. The molecule has 11 heteroatoms. The molecule has 0 bridgehead atoms. The van der Waals surface area contributed by atoms with Crippen molar-refractivity contribution in [2.45, 2.75) is 32.2 Å². The quantitative estimate of drug-likeness (QED) is 0.249. The highest BCUT2D eigenvalue weighted by atomic mass is 16.5. The van der Waals surface area contributed by atoms with Crippen LogP contribution in [0.1, 0.15) is 36.5 Å². The second-order valence-corrected chi connectivity index (χ2v) is 7.31. The van der Waals surface area contributed by atoms with Crippen LogP contribution in [0.2, 0.25) is 0 Å². The number of rotatable bonds is 6. The first-order valence-electron chi connectivity index (χ1n) is 10.2. The normalized spacial score (nSPS) is 16.3. The summed E-state index contributed by atoms with van der Waals surface area (Å²) in [6.45, 7) is 5.79. The molecule has 0 saturated carbocycles. The first kappa shape index (κ1) is 25.2. The molecular formula is C22H28N6O5. The average Bonchev–Trinajstić information content (AvgIpc) is 2.80. The number of methoxy groups -OCH3 is 1. The Hall–Kier alpha value is -4.02. The molecule has 1 saturated heterocycles. The van der Waals surface area contributed by atoms with Crippen LogP contribution in [0.3, 0.4) is 0 Å². The lowest BCUT2D eigenvalue weighted by molar-refractivity contribution is -0.145. The zero-order valence-corrected chi connectivity index (χ0v) is 18.9. The van der Waals surface area contributed by atoms with Gasteiger partial charge in [-0.3, -0.25) is 24.2 Å². The number of anilines is 1. The highest BCUT2D eigenvalue weighted by Gasteiger charge is 2.32. The van der Waals surface area contributed by atoms with E-state index in [4.69, 9.17) is 10.5 Å². The Bertz CT molecular complexity index is 1020. The second-order valence-electron chi connectivity index (χ2n) is 7.31. The molecule has 0 unspecified atom stereocenters. The highest BCUT2D eigenvalue weighted by molar-refractivity contribution is 6.39. The predicted octanol–water partition coefficient (Wildman–Crippen LogP) is 0.786. The Kier molecular flexibility index (Phi) is 8.84. The maximum atomic E-state index is 12.9. The van der Waals surface area contributed by atoms with Gasteiger partial charge in [-0.25, -0.2) is 4.98 Å². The van der Waals surface area contributed by atoms with Gasteiger partial charge in [-0.05, 0) is 37.0 Å². The number of amidine groups is 1. The van der Waals surface area contributed by atoms with Crippen molar-refractivity contribution in [1.82, 2.24) is 15.2 Å². The van der Waals surface area contributed by atoms with E-state index in [1.807, 2.05) is 0 Å². The first-order valence-corrected chi connectivity index (χ1v) is 10.2. The average molecular weight is 457 g/mol. The van der Waals surface area contributed by atoms with E-state index in [9.17, 15) is 19.2 Å². The van der Waals surface area contributed by atoms with E-state index < -0.39 is 17.7 Å². The van der Waals surface area contributed by atoms with Crippen molar-refractivity contribution in [2.24, 2.45) is 10.7 Å². The van der Waals surface area contributed by atoms with Gasteiger partial charge in [0.15, 0.2) is 0 Å². The number of nitrogens with zero attached hydrogens (tertiary/aromatic N) is 3. The number of aromatic nitrogens is 1. The van der Waals surface area contributed by atoms with Crippen LogP contribution >= 0.6 is 0 Å². The molecule has 1 aliphatic rings. The van der Waals surface area contributed by atoms with Crippen LogP contribution in [-0.2, 0) is 14.4 Å². The number of hydrogen-bond acceptors (Lipinski definition) is 7. The number of amides is 4. The summed E-state index contributed by atoms with van der Waals surface area (Å²) in [5.74, 6) is -2.29. The summed E-state index contributed by atoms with van der Waals surface area (Å²) in [7, 11) is 2.87. The molecule has 0 aromatic carbocycles. The Morgan fingerprint density at radius 3 is 2.64 bits per heavy atom. The fraction of sp³-hybridized carbons (Fsp3) is 0.364. The molecule has 4 amide bonds. The summed E-state index contributed by atoms with van der Waals surface area (Å²) >= 11 is 0. The van der Waals surface area contributed by atoms with Gasteiger partial charge in [0.05, 0.1) is 25.0 Å². The highest BCUT2D eigenvalue weighted by Crippen LogP contribution is 2.24. The van der Waals surface area contributed by atoms with Gasteiger partial charge < -0.3 is 26.0 Å². The summed E-state index contributed by atoms with van der Waals surface area (Å²) in [4.78, 5) is 57.8. The number of nitrogens with one attached hydrogen (secondary N) is 2. The number of piperidine rings is 1. The summed E-state index contributed by atoms with van der Waals surface area (Å²) < 4.78 is 4.97. The van der Waals surface area contributed by atoms with Gasteiger partial charge in [0.1, 0.15) is 11.4 Å². The monoisotopic (exact) mass is 456 g/mol. The summed E-state index contributed by atoms with van der Waals surface area (Å²) in [6.07, 6.45) is 6.77. The molecule has 1 aromatic heterocycles. The maximum Gasteiger partial charge on any atom is 0.313 e. The van der Waals surface area contributed by atoms with Crippen molar-refractivity contribution < 1.29 is 23.9 Å². The molecule has 2 rings (SSSR count). The fourth-order valence-electron chi connectivity index (χ4n) is 3.38. The third kappa shape index (κ3) is 6.73. The molecule has 0 radical (unpaired) electrons. The Morgan fingerprint density at radius 1 is 1.30 bits per heavy atom. The summed E-state index contributed by atoms with van der Waals surface area (Å²) in [6, 6.07) is 0.904. The van der Waals surface area contributed by atoms with Gasteiger partial charge in [-0.15, -0.1) is 0 Å². The number of primary amides is 1. The van der Waals surface area contributed by atoms with Crippen LogP contribution in [0.5, 0.6) is 5.88 Å². The van der Waals surface area contributed by atoms with Gasteiger partial charge in [0, 0.05) is 20.5 Å². The van der Waals surface area contributed by atoms with Crippen LogP contribution in [0, 0.1) is 0 Å². The van der Waals surface area contributed by atoms with E-state index in [1.165, 1.54) is 38.2 Å². The van der Waals surface area contributed by atoms with Crippen LogP contribution in [0.25, 0.3) is 0 Å². The largest absolute Gasteiger partial charge is 0.480 e. The molecule has 0 spiro atoms. The minimum absolute atomic E-state index is 0.0141. The van der Waals surface area contributed by atoms with Gasteiger partial charge in [0.25, 0.3) is 5.91 Å². The van der Waals surface area contributed by atoms with Gasteiger partial charge in [0.2, 0.25) is 11.8 Å². The van der Waals surface area contributed by atoms with Crippen LogP contribution < -0.4 is 21.1 Å². The van der Waals surface area contributed by atoms with Gasteiger partial charge >= 0.3 is 11.8 Å². The number of ether oxygens (including phenoxy) is 1. The van der Waals surface area contributed by atoms with E-state index in [1.54, 1.807) is 12.2 Å². The standard InChI is InChI=1S/C22H28N6O5/c1-13(8-9-18(24-3)26-14(2)29)17-7-5-6-10-28(17)22(32)20(31)27-15-11-16(19(23)30)21(33-4)25-12-15/h8-9,11-12,17H,1,5-7,10H2,2-4H3,(H2,23,30)(H,27,31)(H,24,26,29)/b9-8-/t17-/m0/s1. The molecule has 1 aromatic rings. The minimum Gasteiger partial charge on any atom is -0.480 e. The third-order valence-electron chi connectivity index (χ3n) is 4.95. The molecule has 0 aliphatic carbocycles. The molecule has 1 atom stereocenters. The van der Waals surface area contributed by atoms with Crippen molar-refractivity contribution in [3.63, 3.8) is 0 Å². The van der Waals surface area contributed by atoms with E-state index >= 15 is 0 Å². The number of hydrogen-bond donors (Lipinski definition) is 3. The van der Waals surface area contributed by atoms with Crippen molar-refractivity contribution in [1.29, 1.82) is 0 Å². The summed E-state index contributed by atoms with van der Waals surface area (Å²) in [5, 5.41) is 5.03. The van der Waals surface area contributed by atoms with Crippen LogP contribution in [-0.4, -0.2) is 66.1 Å². The lowest BCUT2D eigenvalue weighted by Crippen LogP contribution is -2.48.